The van der Waals surface area contributed by atoms with Crippen LogP contribution in [0.5, 0.6) is 0 Å². The van der Waals surface area contributed by atoms with Crippen LogP contribution in [0.25, 0.3) is 16.4 Å². The van der Waals surface area contributed by atoms with E-state index in [4.69, 9.17) is 4.42 Å². The Balaban J connectivity index is 1.31. The Hall–Kier alpha value is -2.12. The molecule has 5 nitrogen and oxygen atoms in total. The Morgan fingerprint density at radius 3 is 3.23 bits per heavy atom. The minimum atomic E-state index is 0.594. The maximum absolute atomic E-state index is 5.89. The molecule has 0 aromatic carbocycles. The molecule has 7 heteroatoms. The van der Waals surface area contributed by atoms with Crippen molar-refractivity contribution in [3.63, 3.8) is 0 Å². The van der Waals surface area contributed by atoms with E-state index >= 15 is 0 Å². The molecular formula is C19H18N4OS2. The van der Waals surface area contributed by atoms with Crippen molar-refractivity contribution in [1.29, 1.82) is 0 Å². The van der Waals surface area contributed by atoms with Gasteiger partial charge in [-0.15, -0.1) is 21.5 Å². The summed E-state index contributed by atoms with van der Waals surface area (Å²) in [7, 11) is 0. The van der Waals surface area contributed by atoms with Gasteiger partial charge < -0.3 is 8.82 Å². The number of thiophene rings is 1. The zero-order valence-electron chi connectivity index (χ0n) is 14.4. The van der Waals surface area contributed by atoms with E-state index in [-0.39, 0.29) is 0 Å². The highest BCUT2D eigenvalue weighted by Gasteiger charge is 2.21. The van der Waals surface area contributed by atoms with Crippen LogP contribution in [0.1, 0.15) is 29.5 Å². The summed E-state index contributed by atoms with van der Waals surface area (Å²) in [5.41, 5.74) is 3.41. The highest BCUT2D eigenvalue weighted by molar-refractivity contribution is 7.98. The highest BCUT2D eigenvalue weighted by atomic mass is 32.2. The lowest BCUT2D eigenvalue weighted by atomic mass is 9.90. The number of pyridine rings is 1. The summed E-state index contributed by atoms with van der Waals surface area (Å²) in [5, 5.41) is 9.05. The molecule has 132 valence electrons. The van der Waals surface area contributed by atoms with Gasteiger partial charge in [-0.2, -0.15) is 0 Å². The minimum absolute atomic E-state index is 0.594. The van der Waals surface area contributed by atoms with Crippen molar-refractivity contribution < 1.29 is 4.42 Å². The number of hydrogen-bond acceptors (Lipinski definition) is 6. The predicted molar refractivity (Wildman–Crippen MR) is 104 cm³/mol. The van der Waals surface area contributed by atoms with Crippen LogP contribution >= 0.6 is 23.1 Å². The summed E-state index contributed by atoms with van der Waals surface area (Å²) in [6.07, 6.45) is 7.64. The smallest absolute Gasteiger partial charge is 0.277 e. The number of hydrogen-bond donors (Lipinski definition) is 0. The van der Waals surface area contributed by atoms with Crippen LogP contribution in [0.4, 0.5) is 0 Å². The van der Waals surface area contributed by atoms with Gasteiger partial charge in [-0.1, -0.05) is 24.8 Å². The third kappa shape index (κ3) is 3.05. The summed E-state index contributed by atoms with van der Waals surface area (Å²) < 4.78 is 7.91. The van der Waals surface area contributed by atoms with Crippen molar-refractivity contribution in [2.75, 3.05) is 0 Å². The Morgan fingerprint density at radius 1 is 1.35 bits per heavy atom. The maximum Gasteiger partial charge on any atom is 0.277 e. The van der Waals surface area contributed by atoms with Crippen LogP contribution in [-0.4, -0.2) is 19.6 Å². The zero-order valence-corrected chi connectivity index (χ0v) is 16.0. The molecule has 0 spiro atoms. The Morgan fingerprint density at radius 2 is 2.31 bits per heavy atom. The molecule has 0 bridgehead atoms. The van der Waals surface area contributed by atoms with Gasteiger partial charge in [0.2, 0.25) is 0 Å². The van der Waals surface area contributed by atoms with Crippen molar-refractivity contribution in [2.24, 2.45) is 5.92 Å². The maximum atomic E-state index is 5.89. The van der Waals surface area contributed by atoms with Crippen LogP contribution < -0.4 is 0 Å². The average molecular weight is 383 g/mol. The van der Waals surface area contributed by atoms with Crippen LogP contribution in [0, 0.1) is 5.92 Å². The Kier molecular flexibility index (Phi) is 4.05. The first kappa shape index (κ1) is 16.1. The second kappa shape index (κ2) is 6.55. The van der Waals surface area contributed by atoms with E-state index in [1.54, 1.807) is 11.3 Å². The standard InChI is InChI=1S/C19H18N4OS2/c1-12-5-6-15-13(8-12)9-16(26-15)18-21-22-19(24-18)25-11-14-10-23-7-3-2-4-17(23)20-14/h2-4,7,9-10,12H,5-6,8,11H2,1H3/t12-/m0/s1. The van der Waals surface area contributed by atoms with Gasteiger partial charge in [0.1, 0.15) is 5.65 Å². The number of aryl methyl sites for hydroxylation is 1. The average Bonchev–Trinajstić information content (AvgIpc) is 3.36. The van der Waals surface area contributed by atoms with Gasteiger partial charge in [0.05, 0.1) is 10.6 Å². The number of rotatable bonds is 4. The molecule has 4 aromatic rings. The van der Waals surface area contributed by atoms with Gasteiger partial charge in [0, 0.05) is 23.0 Å². The number of nitrogens with zero attached hydrogens (tertiary/aromatic N) is 4. The monoisotopic (exact) mass is 382 g/mol. The van der Waals surface area contributed by atoms with E-state index in [1.807, 2.05) is 35.0 Å². The first-order chi connectivity index (χ1) is 12.7. The number of aromatic nitrogens is 4. The van der Waals surface area contributed by atoms with Crippen molar-refractivity contribution >= 4 is 28.7 Å². The van der Waals surface area contributed by atoms with Gasteiger partial charge in [-0.3, -0.25) is 0 Å². The van der Waals surface area contributed by atoms with Crippen LogP contribution in [0.2, 0.25) is 0 Å². The van der Waals surface area contributed by atoms with Crippen LogP contribution in [0.3, 0.4) is 0 Å². The molecule has 1 aliphatic rings. The van der Waals surface area contributed by atoms with E-state index in [1.165, 1.54) is 35.0 Å². The van der Waals surface area contributed by atoms with Crippen molar-refractivity contribution in [2.45, 2.75) is 37.2 Å². The fraction of sp³-hybridized carbons (Fsp3) is 0.316. The van der Waals surface area contributed by atoms with Crippen LogP contribution in [0.15, 0.2) is 46.3 Å². The molecule has 0 saturated heterocycles. The molecule has 5 rings (SSSR count). The van der Waals surface area contributed by atoms with Gasteiger partial charge in [0.15, 0.2) is 0 Å². The summed E-state index contributed by atoms with van der Waals surface area (Å²) >= 11 is 3.33. The molecule has 0 N–H and O–H groups in total. The fourth-order valence-electron chi connectivity index (χ4n) is 3.37. The topological polar surface area (TPSA) is 56.2 Å². The second-order valence-corrected chi connectivity index (χ2v) is 8.83. The van der Waals surface area contributed by atoms with Gasteiger partial charge in [-0.05, 0) is 48.9 Å². The van der Waals surface area contributed by atoms with E-state index in [0.29, 0.717) is 16.9 Å². The van der Waals surface area contributed by atoms with Crippen molar-refractivity contribution in [1.82, 2.24) is 19.6 Å². The number of fused-ring (bicyclic) bond motifs is 2. The molecule has 0 aliphatic heterocycles. The van der Waals surface area contributed by atoms with E-state index in [0.717, 1.165) is 28.6 Å². The van der Waals surface area contributed by atoms with Crippen molar-refractivity contribution in [3.8, 4) is 10.8 Å². The summed E-state index contributed by atoms with van der Waals surface area (Å²) in [6, 6.07) is 8.22. The quantitative estimate of drug-likeness (QED) is 0.472. The highest BCUT2D eigenvalue weighted by Crippen LogP contribution is 2.37. The van der Waals surface area contributed by atoms with Crippen molar-refractivity contribution in [3.05, 3.63) is 52.8 Å². The van der Waals surface area contributed by atoms with Gasteiger partial charge in [0.25, 0.3) is 11.1 Å². The largest absolute Gasteiger partial charge is 0.410 e. The molecule has 0 amide bonds. The number of thioether (sulfide) groups is 1. The van der Waals surface area contributed by atoms with Crippen LogP contribution in [-0.2, 0) is 18.6 Å². The van der Waals surface area contributed by atoms with Gasteiger partial charge >= 0.3 is 0 Å². The van der Waals surface area contributed by atoms with E-state index < -0.39 is 0 Å². The molecular weight excluding hydrogens is 364 g/mol. The molecule has 0 saturated carbocycles. The first-order valence-corrected chi connectivity index (χ1v) is 10.6. The minimum Gasteiger partial charge on any atom is -0.410 e. The lowest BCUT2D eigenvalue weighted by Crippen LogP contribution is -2.07. The summed E-state index contributed by atoms with van der Waals surface area (Å²) in [4.78, 5) is 7.17. The SMILES string of the molecule is C[C@H]1CCc2sc(-c3nnc(SCc4cn5ccccc5n4)o3)cc2C1. The van der Waals surface area contributed by atoms with Gasteiger partial charge in [-0.25, -0.2) is 4.98 Å². The molecule has 1 atom stereocenters. The third-order valence-corrected chi connectivity index (χ3v) is 6.78. The fourth-order valence-corrected chi connectivity index (χ4v) is 5.15. The Labute approximate surface area is 159 Å². The third-order valence-electron chi connectivity index (χ3n) is 4.70. The van der Waals surface area contributed by atoms with E-state index in [9.17, 15) is 0 Å². The predicted octanol–water partition coefficient (Wildman–Crippen LogP) is 4.86. The molecule has 0 fully saturated rings. The normalized spacial score (nSPS) is 16.9. The second-order valence-electron chi connectivity index (χ2n) is 6.77. The zero-order chi connectivity index (χ0) is 17.5. The molecule has 0 radical (unpaired) electrons. The summed E-state index contributed by atoms with van der Waals surface area (Å²) in [6.45, 7) is 2.32. The number of imidazole rings is 1. The molecule has 26 heavy (non-hydrogen) atoms. The Bertz CT molecular complexity index is 1030. The lowest BCUT2D eigenvalue weighted by molar-refractivity contribution is 0.466. The van der Waals surface area contributed by atoms with E-state index in [2.05, 4.69) is 28.2 Å². The lowest BCUT2D eigenvalue weighted by Gasteiger charge is -2.16. The summed E-state index contributed by atoms with van der Waals surface area (Å²) in [5.74, 6) is 2.11. The molecule has 4 heterocycles. The molecule has 0 unspecified atom stereocenters. The molecule has 1 aliphatic carbocycles. The molecule has 4 aromatic heterocycles. The first-order valence-electron chi connectivity index (χ1n) is 8.75.